The van der Waals surface area contributed by atoms with Gasteiger partial charge in [0.2, 0.25) is 5.91 Å². The molecule has 1 rings (SSSR count). The van der Waals surface area contributed by atoms with Gasteiger partial charge < -0.3 is 10.6 Å². The Morgan fingerprint density at radius 1 is 1.20 bits per heavy atom. The van der Waals surface area contributed by atoms with Gasteiger partial charge >= 0.3 is 0 Å². The zero-order valence-corrected chi connectivity index (χ0v) is 13.6. The fraction of sp³-hybridized carbons (Fsp3) is 0.938. The van der Waals surface area contributed by atoms with Crippen molar-refractivity contribution in [3.05, 3.63) is 0 Å². The van der Waals surface area contributed by atoms with Gasteiger partial charge in [-0.25, -0.2) is 0 Å². The summed E-state index contributed by atoms with van der Waals surface area (Å²) in [5.41, 5.74) is 5.65. The smallest absolute Gasteiger partial charge is 0.236 e. The van der Waals surface area contributed by atoms with E-state index >= 15 is 0 Å². The second-order valence-electron chi connectivity index (χ2n) is 6.36. The average Bonchev–Trinajstić information content (AvgIpc) is 2.71. The van der Waals surface area contributed by atoms with E-state index in [9.17, 15) is 4.79 Å². The molecule has 0 heterocycles. The Hall–Kier alpha value is -0.610. The maximum absolute atomic E-state index is 12.3. The van der Waals surface area contributed by atoms with Crippen LogP contribution in [0.25, 0.3) is 0 Å². The van der Waals surface area contributed by atoms with Crippen LogP contribution < -0.4 is 5.73 Å². The molecule has 0 aromatic carbocycles. The van der Waals surface area contributed by atoms with Gasteiger partial charge in [0.25, 0.3) is 0 Å². The third-order valence-electron chi connectivity index (χ3n) is 4.50. The van der Waals surface area contributed by atoms with Gasteiger partial charge in [0.05, 0.1) is 6.54 Å². The normalized spacial score (nSPS) is 17.5. The monoisotopic (exact) mass is 283 g/mol. The molecular weight excluding hydrogens is 250 g/mol. The van der Waals surface area contributed by atoms with Crippen molar-refractivity contribution in [1.82, 2.24) is 9.80 Å². The molecule has 0 aromatic rings. The predicted molar refractivity (Wildman–Crippen MR) is 84.6 cm³/mol. The van der Waals surface area contributed by atoms with Crippen LogP contribution in [0, 0.1) is 0 Å². The van der Waals surface area contributed by atoms with Crippen LogP contribution in [0.3, 0.4) is 0 Å². The summed E-state index contributed by atoms with van der Waals surface area (Å²) < 4.78 is 0. The minimum absolute atomic E-state index is 0.237. The minimum atomic E-state index is 0.237. The van der Waals surface area contributed by atoms with Crippen LogP contribution in [0.2, 0.25) is 0 Å². The van der Waals surface area contributed by atoms with Gasteiger partial charge in [0, 0.05) is 25.7 Å². The lowest BCUT2D eigenvalue weighted by atomic mass is 10.1. The number of hydrogen-bond acceptors (Lipinski definition) is 3. The number of nitrogens with zero attached hydrogens (tertiary/aromatic N) is 2. The zero-order chi connectivity index (χ0) is 15.0. The van der Waals surface area contributed by atoms with Gasteiger partial charge in [-0.1, -0.05) is 25.7 Å². The molecule has 0 unspecified atom stereocenters. The summed E-state index contributed by atoms with van der Waals surface area (Å²) in [6, 6.07) is 0.849. The molecule has 4 heteroatoms. The SMILES string of the molecule is CC(C)N(C)C(=O)CN(CCCN)C1CCCCCC1. The van der Waals surface area contributed by atoms with Crippen molar-refractivity contribution in [1.29, 1.82) is 0 Å². The molecule has 1 aliphatic carbocycles. The molecule has 0 spiro atoms. The van der Waals surface area contributed by atoms with Crippen molar-refractivity contribution in [3.8, 4) is 0 Å². The predicted octanol–water partition coefficient (Wildman–Crippen LogP) is 2.23. The second-order valence-corrected chi connectivity index (χ2v) is 6.36. The van der Waals surface area contributed by atoms with Crippen LogP contribution in [0.1, 0.15) is 58.8 Å². The number of nitrogens with two attached hydrogens (primary N) is 1. The largest absolute Gasteiger partial charge is 0.342 e. The van der Waals surface area contributed by atoms with E-state index in [2.05, 4.69) is 18.7 Å². The van der Waals surface area contributed by atoms with Crippen LogP contribution in [-0.4, -0.2) is 54.5 Å². The van der Waals surface area contributed by atoms with Gasteiger partial charge in [0.15, 0.2) is 0 Å². The minimum Gasteiger partial charge on any atom is -0.342 e. The van der Waals surface area contributed by atoms with Gasteiger partial charge in [-0.05, 0) is 39.7 Å². The molecule has 1 aliphatic rings. The molecule has 0 aliphatic heterocycles. The van der Waals surface area contributed by atoms with Crippen LogP contribution >= 0.6 is 0 Å². The first-order chi connectivity index (χ1) is 9.56. The summed E-state index contributed by atoms with van der Waals surface area (Å²) >= 11 is 0. The molecule has 0 radical (unpaired) electrons. The first kappa shape index (κ1) is 17.4. The van der Waals surface area contributed by atoms with Gasteiger partial charge in [-0.15, -0.1) is 0 Å². The van der Waals surface area contributed by atoms with Crippen molar-refractivity contribution >= 4 is 5.91 Å². The Morgan fingerprint density at radius 2 is 1.80 bits per heavy atom. The van der Waals surface area contributed by atoms with E-state index in [4.69, 9.17) is 5.73 Å². The number of amides is 1. The molecule has 20 heavy (non-hydrogen) atoms. The molecule has 2 N–H and O–H groups in total. The number of carbonyl (C=O) groups excluding carboxylic acids is 1. The third kappa shape index (κ3) is 5.80. The van der Waals surface area contributed by atoms with E-state index in [1.54, 1.807) is 0 Å². The van der Waals surface area contributed by atoms with E-state index in [1.807, 2.05) is 11.9 Å². The molecule has 1 amide bonds. The lowest BCUT2D eigenvalue weighted by molar-refractivity contribution is -0.133. The van der Waals surface area contributed by atoms with E-state index in [-0.39, 0.29) is 11.9 Å². The van der Waals surface area contributed by atoms with Gasteiger partial charge in [-0.3, -0.25) is 9.69 Å². The van der Waals surface area contributed by atoms with Crippen molar-refractivity contribution in [2.24, 2.45) is 5.73 Å². The number of likely N-dealkylation sites (N-methyl/N-ethyl adjacent to an activating group) is 1. The molecule has 0 atom stereocenters. The van der Waals surface area contributed by atoms with Crippen molar-refractivity contribution < 1.29 is 4.79 Å². The van der Waals surface area contributed by atoms with Crippen LogP contribution in [0.4, 0.5) is 0 Å². The van der Waals surface area contributed by atoms with Crippen molar-refractivity contribution in [3.63, 3.8) is 0 Å². The van der Waals surface area contributed by atoms with E-state index < -0.39 is 0 Å². The Kier molecular flexibility index (Phi) is 8.15. The Labute approximate surface area is 124 Å². The fourth-order valence-corrected chi connectivity index (χ4v) is 2.88. The zero-order valence-electron chi connectivity index (χ0n) is 13.6. The summed E-state index contributed by atoms with van der Waals surface area (Å²) in [5, 5.41) is 0. The summed E-state index contributed by atoms with van der Waals surface area (Å²) in [7, 11) is 1.90. The highest BCUT2D eigenvalue weighted by molar-refractivity contribution is 5.78. The highest BCUT2D eigenvalue weighted by atomic mass is 16.2. The lowest BCUT2D eigenvalue weighted by Crippen LogP contribution is -2.46. The molecule has 0 aromatic heterocycles. The number of carbonyl (C=O) groups is 1. The van der Waals surface area contributed by atoms with Gasteiger partial charge in [0.1, 0.15) is 0 Å². The number of hydrogen-bond donors (Lipinski definition) is 1. The first-order valence-corrected chi connectivity index (χ1v) is 8.26. The van der Waals surface area contributed by atoms with E-state index in [0.717, 1.165) is 13.0 Å². The topological polar surface area (TPSA) is 49.6 Å². The average molecular weight is 283 g/mol. The molecule has 0 saturated heterocycles. The van der Waals surface area contributed by atoms with Crippen molar-refractivity contribution in [2.45, 2.75) is 70.9 Å². The highest BCUT2D eigenvalue weighted by Gasteiger charge is 2.23. The Balaban J connectivity index is 2.60. The summed E-state index contributed by atoms with van der Waals surface area (Å²) in [5.74, 6) is 0.237. The van der Waals surface area contributed by atoms with Crippen LogP contribution in [-0.2, 0) is 4.79 Å². The van der Waals surface area contributed by atoms with Crippen LogP contribution in [0.15, 0.2) is 0 Å². The van der Waals surface area contributed by atoms with Gasteiger partial charge in [-0.2, -0.15) is 0 Å². The van der Waals surface area contributed by atoms with Crippen LogP contribution in [0.5, 0.6) is 0 Å². The summed E-state index contributed by atoms with van der Waals surface area (Å²) in [6.07, 6.45) is 8.76. The maximum Gasteiger partial charge on any atom is 0.236 e. The molecule has 0 bridgehead atoms. The Bertz CT molecular complexity index is 273. The standard InChI is InChI=1S/C16H33N3O/c1-14(2)18(3)16(20)13-19(12-8-11-17)15-9-6-4-5-7-10-15/h14-15H,4-13,17H2,1-3H3. The fourth-order valence-electron chi connectivity index (χ4n) is 2.88. The highest BCUT2D eigenvalue weighted by Crippen LogP contribution is 2.22. The molecule has 118 valence electrons. The summed E-state index contributed by atoms with van der Waals surface area (Å²) in [6.45, 7) is 6.34. The molecule has 1 saturated carbocycles. The second kappa shape index (κ2) is 9.35. The number of rotatable bonds is 7. The summed E-state index contributed by atoms with van der Waals surface area (Å²) in [4.78, 5) is 16.6. The lowest BCUT2D eigenvalue weighted by Gasteiger charge is -2.33. The Morgan fingerprint density at radius 3 is 2.30 bits per heavy atom. The van der Waals surface area contributed by atoms with Crippen molar-refractivity contribution in [2.75, 3.05) is 26.7 Å². The molecule has 1 fully saturated rings. The van der Waals surface area contributed by atoms with E-state index in [1.165, 1.54) is 38.5 Å². The third-order valence-corrected chi connectivity index (χ3v) is 4.50. The quantitative estimate of drug-likeness (QED) is 0.729. The first-order valence-electron chi connectivity index (χ1n) is 8.26. The molecular formula is C16H33N3O. The maximum atomic E-state index is 12.3. The molecule has 4 nitrogen and oxygen atoms in total. The van der Waals surface area contributed by atoms with E-state index in [0.29, 0.717) is 19.1 Å².